The Balaban J connectivity index is 2.57. The molecule has 20 heavy (non-hydrogen) atoms. The summed E-state index contributed by atoms with van der Waals surface area (Å²) in [6, 6.07) is 7.01. The predicted octanol–water partition coefficient (Wildman–Crippen LogP) is 0.720. The van der Waals surface area contributed by atoms with E-state index in [0.29, 0.717) is 13.0 Å². The van der Waals surface area contributed by atoms with Crippen molar-refractivity contribution in [1.29, 1.82) is 0 Å². The van der Waals surface area contributed by atoms with Crippen LogP contribution in [0.1, 0.15) is 18.9 Å². The summed E-state index contributed by atoms with van der Waals surface area (Å²) in [4.78, 5) is 13.7. The Bertz CT molecular complexity index is 431. The molecule has 0 aliphatic carbocycles. The second kappa shape index (κ2) is 7.26. The van der Waals surface area contributed by atoms with Gasteiger partial charge in [0.25, 0.3) is 0 Å². The van der Waals surface area contributed by atoms with Crippen molar-refractivity contribution in [1.82, 2.24) is 10.2 Å². The third-order valence-electron chi connectivity index (χ3n) is 3.47. The quantitative estimate of drug-likeness (QED) is 0.655. The first-order valence-electron chi connectivity index (χ1n) is 6.81. The Morgan fingerprint density at radius 1 is 1.35 bits per heavy atom. The molecule has 0 spiro atoms. The second-order valence-electron chi connectivity index (χ2n) is 5.59. The van der Waals surface area contributed by atoms with Gasteiger partial charge in [0.1, 0.15) is 5.75 Å². The third kappa shape index (κ3) is 5.19. The number of hydrogen-bond donors (Lipinski definition) is 3. The highest BCUT2D eigenvalue weighted by Gasteiger charge is 2.29. The van der Waals surface area contributed by atoms with Gasteiger partial charge in [-0.25, -0.2) is 0 Å². The van der Waals surface area contributed by atoms with E-state index in [9.17, 15) is 9.90 Å². The zero-order valence-corrected chi connectivity index (χ0v) is 12.5. The van der Waals surface area contributed by atoms with E-state index < -0.39 is 5.54 Å². The van der Waals surface area contributed by atoms with E-state index in [-0.39, 0.29) is 11.7 Å². The number of primary amides is 1. The molecule has 1 unspecified atom stereocenters. The molecule has 0 saturated carbocycles. The van der Waals surface area contributed by atoms with Gasteiger partial charge in [-0.05, 0) is 51.6 Å². The van der Waals surface area contributed by atoms with Crippen LogP contribution in [0.3, 0.4) is 0 Å². The number of hydrogen-bond acceptors (Lipinski definition) is 4. The van der Waals surface area contributed by atoms with Crippen LogP contribution in [0.15, 0.2) is 24.3 Å². The maximum Gasteiger partial charge on any atom is 0.237 e. The van der Waals surface area contributed by atoms with Crippen molar-refractivity contribution in [3.8, 4) is 5.75 Å². The number of carbonyl (C=O) groups excluding carboxylic acids is 1. The van der Waals surface area contributed by atoms with E-state index in [2.05, 4.69) is 5.32 Å². The summed E-state index contributed by atoms with van der Waals surface area (Å²) < 4.78 is 0. The number of likely N-dealkylation sites (N-methyl/N-ethyl adjacent to an activating group) is 1. The van der Waals surface area contributed by atoms with Crippen LogP contribution in [0, 0.1) is 0 Å². The lowest BCUT2D eigenvalue weighted by atomic mass is 9.92. The molecule has 1 aromatic carbocycles. The number of aryl methyl sites for hydroxylation is 1. The molecule has 112 valence electrons. The highest BCUT2D eigenvalue weighted by atomic mass is 16.3. The number of aromatic hydroxyl groups is 1. The molecule has 1 aromatic rings. The fraction of sp³-hybridized carbons (Fsp3) is 0.533. The summed E-state index contributed by atoms with van der Waals surface area (Å²) in [6.45, 7) is 3.40. The summed E-state index contributed by atoms with van der Waals surface area (Å²) in [5.74, 6) is -0.0921. The Labute approximate surface area is 120 Å². The third-order valence-corrected chi connectivity index (χ3v) is 3.47. The second-order valence-corrected chi connectivity index (χ2v) is 5.59. The molecular formula is C15H25N3O2. The minimum absolute atomic E-state index is 0.246. The van der Waals surface area contributed by atoms with Gasteiger partial charge in [0, 0.05) is 13.1 Å². The standard InChI is InChI=1S/C15H25N3O2/c1-15(14(16)20,17-10-11-18(2)3)9-8-12-4-6-13(19)7-5-12/h4-7,17,19H,8-11H2,1-3H3,(H2,16,20). The van der Waals surface area contributed by atoms with E-state index in [0.717, 1.165) is 18.5 Å². The highest BCUT2D eigenvalue weighted by molar-refractivity contribution is 5.84. The van der Waals surface area contributed by atoms with Crippen LogP contribution in [-0.2, 0) is 11.2 Å². The number of amides is 1. The van der Waals surface area contributed by atoms with Crippen LogP contribution in [0.25, 0.3) is 0 Å². The smallest absolute Gasteiger partial charge is 0.237 e. The molecule has 0 saturated heterocycles. The first-order chi connectivity index (χ1) is 9.33. The van der Waals surface area contributed by atoms with Crippen molar-refractivity contribution < 1.29 is 9.90 Å². The number of phenols is 1. The molecule has 0 radical (unpaired) electrons. The number of phenolic OH excluding ortho intramolecular Hbond substituents is 1. The van der Waals surface area contributed by atoms with Gasteiger partial charge in [-0.15, -0.1) is 0 Å². The van der Waals surface area contributed by atoms with Crippen LogP contribution in [0.2, 0.25) is 0 Å². The van der Waals surface area contributed by atoms with Gasteiger partial charge >= 0.3 is 0 Å². The van der Waals surface area contributed by atoms with Gasteiger partial charge < -0.3 is 21.1 Å². The molecule has 1 amide bonds. The SMILES string of the molecule is CN(C)CCNC(C)(CCc1ccc(O)cc1)C(N)=O. The Morgan fingerprint density at radius 3 is 2.45 bits per heavy atom. The van der Waals surface area contributed by atoms with Gasteiger partial charge in [0.2, 0.25) is 5.91 Å². The van der Waals surface area contributed by atoms with Gasteiger partial charge in [-0.1, -0.05) is 12.1 Å². The number of nitrogens with two attached hydrogens (primary N) is 1. The lowest BCUT2D eigenvalue weighted by Crippen LogP contribution is -2.54. The van der Waals surface area contributed by atoms with E-state index in [1.807, 2.05) is 38.1 Å². The fourth-order valence-electron chi connectivity index (χ4n) is 1.91. The molecule has 0 aliphatic heterocycles. The average Bonchev–Trinajstić information content (AvgIpc) is 2.37. The number of nitrogens with one attached hydrogen (secondary N) is 1. The zero-order valence-electron chi connectivity index (χ0n) is 12.5. The van der Waals surface area contributed by atoms with Crippen LogP contribution >= 0.6 is 0 Å². The van der Waals surface area contributed by atoms with Crippen molar-refractivity contribution in [3.63, 3.8) is 0 Å². The van der Waals surface area contributed by atoms with Crippen molar-refractivity contribution in [3.05, 3.63) is 29.8 Å². The van der Waals surface area contributed by atoms with Crippen LogP contribution in [0.4, 0.5) is 0 Å². The van der Waals surface area contributed by atoms with Gasteiger partial charge in [0.05, 0.1) is 5.54 Å². The fourth-order valence-corrected chi connectivity index (χ4v) is 1.91. The molecule has 0 bridgehead atoms. The number of carbonyl (C=O) groups is 1. The monoisotopic (exact) mass is 279 g/mol. The number of nitrogens with zero attached hydrogens (tertiary/aromatic N) is 1. The minimum Gasteiger partial charge on any atom is -0.508 e. The molecule has 1 atom stereocenters. The van der Waals surface area contributed by atoms with Gasteiger partial charge in [0.15, 0.2) is 0 Å². The molecule has 4 N–H and O–H groups in total. The molecule has 0 aromatic heterocycles. The molecule has 0 heterocycles. The lowest BCUT2D eigenvalue weighted by Gasteiger charge is -2.28. The summed E-state index contributed by atoms with van der Waals surface area (Å²) in [6.07, 6.45) is 1.36. The molecule has 1 rings (SSSR count). The first kappa shape index (κ1) is 16.5. The maximum absolute atomic E-state index is 11.7. The zero-order chi connectivity index (χ0) is 15.2. The lowest BCUT2D eigenvalue weighted by molar-refractivity contribution is -0.124. The van der Waals surface area contributed by atoms with Crippen LogP contribution in [-0.4, -0.2) is 48.6 Å². The topological polar surface area (TPSA) is 78.6 Å². The van der Waals surface area contributed by atoms with E-state index in [4.69, 9.17) is 5.73 Å². The first-order valence-corrected chi connectivity index (χ1v) is 6.81. The molecule has 0 aliphatic rings. The van der Waals surface area contributed by atoms with Crippen molar-refractivity contribution in [2.75, 3.05) is 27.2 Å². The maximum atomic E-state index is 11.7. The minimum atomic E-state index is -0.714. The number of rotatable bonds is 8. The normalized spacial score (nSPS) is 14.2. The Hall–Kier alpha value is -1.59. The summed E-state index contributed by atoms with van der Waals surface area (Å²) in [7, 11) is 3.97. The number of benzene rings is 1. The summed E-state index contributed by atoms with van der Waals surface area (Å²) in [5.41, 5.74) is 5.88. The van der Waals surface area contributed by atoms with E-state index in [1.165, 1.54) is 0 Å². The van der Waals surface area contributed by atoms with Crippen LogP contribution in [0.5, 0.6) is 5.75 Å². The Morgan fingerprint density at radius 2 is 1.95 bits per heavy atom. The van der Waals surface area contributed by atoms with Gasteiger partial charge in [-0.3, -0.25) is 4.79 Å². The van der Waals surface area contributed by atoms with Crippen molar-refractivity contribution >= 4 is 5.91 Å². The van der Waals surface area contributed by atoms with Crippen molar-refractivity contribution in [2.24, 2.45) is 5.73 Å². The largest absolute Gasteiger partial charge is 0.508 e. The molecule has 0 fully saturated rings. The summed E-state index contributed by atoms with van der Waals surface area (Å²) in [5, 5.41) is 12.5. The van der Waals surface area contributed by atoms with E-state index >= 15 is 0 Å². The molecule has 5 heteroatoms. The predicted molar refractivity (Wildman–Crippen MR) is 80.6 cm³/mol. The highest BCUT2D eigenvalue weighted by Crippen LogP contribution is 2.16. The van der Waals surface area contributed by atoms with E-state index in [1.54, 1.807) is 12.1 Å². The van der Waals surface area contributed by atoms with Crippen LogP contribution < -0.4 is 11.1 Å². The average molecular weight is 279 g/mol. The summed E-state index contributed by atoms with van der Waals surface area (Å²) >= 11 is 0. The van der Waals surface area contributed by atoms with Gasteiger partial charge in [-0.2, -0.15) is 0 Å². The van der Waals surface area contributed by atoms with Crippen molar-refractivity contribution in [2.45, 2.75) is 25.3 Å². The Kier molecular flexibility index (Phi) is 5.98. The molecule has 5 nitrogen and oxygen atoms in total. The molecular weight excluding hydrogens is 254 g/mol.